The van der Waals surface area contributed by atoms with Crippen molar-refractivity contribution in [1.29, 1.82) is 0 Å². The predicted octanol–water partition coefficient (Wildman–Crippen LogP) is 9.76. The Morgan fingerprint density at radius 2 is 1.10 bits per heavy atom. The minimum Gasteiger partial charge on any atom is -0.393 e. The van der Waals surface area contributed by atoms with E-state index in [0.29, 0.717) is 6.42 Å². The molecular weight excluding hydrogens is 805 g/mol. The second-order valence-corrected chi connectivity index (χ2v) is 13.2. The molecule has 1 heterocycles. The van der Waals surface area contributed by atoms with Crippen molar-refractivity contribution in [3.8, 4) is 56.0 Å². The second kappa shape index (κ2) is 14.3. The number of aliphatic hydroxyl groups is 2. The van der Waals surface area contributed by atoms with E-state index in [2.05, 4.69) is 109 Å². The number of hydrogen-bond acceptors (Lipinski definition) is 4. The van der Waals surface area contributed by atoms with Crippen LogP contribution in [0.25, 0.3) is 56.0 Å². The van der Waals surface area contributed by atoms with Crippen LogP contribution in [-0.4, -0.2) is 32.4 Å². The number of fused-ring (bicyclic) bond motifs is 10. The Balaban J connectivity index is 0.000000464. The third-order valence-electron chi connectivity index (χ3n) is 9.76. The molecule has 2 atom stereocenters. The molecule has 0 amide bonds. The SMILES string of the molecule is CC(O)CC(C)O.[Ir].[c-]1ccccc1-c1ncc(-c2ccc3c(c2)C2(c4ccccc4-c4ccccc42)c2ccccc2-3)nc1-c1ccccc1. The summed E-state index contributed by atoms with van der Waals surface area (Å²) in [5.74, 6) is 0. The number of nitrogens with zero attached hydrogens (tertiary/aromatic N) is 2. The number of aromatic nitrogens is 2. The molecule has 0 saturated carbocycles. The van der Waals surface area contributed by atoms with E-state index in [1.807, 2.05) is 48.7 Å². The fraction of sp³-hybridized carbons (Fsp3) is 0.130. The van der Waals surface area contributed by atoms with Crippen molar-refractivity contribution >= 4 is 0 Å². The van der Waals surface area contributed by atoms with Crippen LogP contribution in [0, 0.1) is 6.07 Å². The van der Waals surface area contributed by atoms with Crippen LogP contribution in [0.5, 0.6) is 0 Å². The fourth-order valence-electron chi connectivity index (χ4n) is 7.81. The van der Waals surface area contributed by atoms with Crippen LogP contribution in [-0.2, 0) is 25.5 Å². The van der Waals surface area contributed by atoms with Gasteiger partial charge in [-0.2, -0.15) is 0 Å². The van der Waals surface area contributed by atoms with Gasteiger partial charge in [0.1, 0.15) is 0 Å². The topological polar surface area (TPSA) is 66.2 Å². The summed E-state index contributed by atoms with van der Waals surface area (Å²) in [6, 6.07) is 55.2. The van der Waals surface area contributed by atoms with E-state index in [0.717, 1.165) is 33.8 Å². The number of hydrogen-bond donors (Lipinski definition) is 2. The van der Waals surface area contributed by atoms with Gasteiger partial charge in [-0.05, 0) is 76.4 Å². The zero-order valence-corrected chi connectivity index (χ0v) is 30.8. The van der Waals surface area contributed by atoms with Gasteiger partial charge in [-0.3, -0.25) is 4.98 Å². The van der Waals surface area contributed by atoms with Crippen molar-refractivity contribution in [2.45, 2.75) is 37.9 Å². The van der Waals surface area contributed by atoms with Crippen LogP contribution < -0.4 is 0 Å². The van der Waals surface area contributed by atoms with Crippen molar-refractivity contribution in [2.75, 3.05) is 0 Å². The maximum Gasteiger partial charge on any atom is 0.0873 e. The van der Waals surface area contributed by atoms with Crippen molar-refractivity contribution in [3.63, 3.8) is 0 Å². The van der Waals surface area contributed by atoms with Crippen molar-refractivity contribution in [2.24, 2.45) is 0 Å². The molecule has 1 radical (unpaired) electrons. The summed E-state index contributed by atoms with van der Waals surface area (Å²) in [7, 11) is 0. The van der Waals surface area contributed by atoms with E-state index in [4.69, 9.17) is 20.2 Å². The van der Waals surface area contributed by atoms with Gasteiger partial charge in [-0.1, -0.05) is 115 Å². The van der Waals surface area contributed by atoms with E-state index in [9.17, 15) is 0 Å². The van der Waals surface area contributed by atoms with Gasteiger partial charge < -0.3 is 15.2 Å². The van der Waals surface area contributed by atoms with Crippen molar-refractivity contribution in [3.05, 3.63) is 180 Å². The van der Waals surface area contributed by atoms with Gasteiger partial charge in [0.15, 0.2) is 0 Å². The first-order valence-electron chi connectivity index (χ1n) is 17.2. The standard InChI is InChI=1S/C41H25N2.C5H12O2.Ir/c1-3-13-27(14-4-1)39-40(28-15-5-2-6-16-28)43-38(26-42-39)29-23-24-33-32-19-9-12-22-36(32)41(37(33)25-29)34-20-10-7-17-30(34)31-18-8-11-21-35(31)41;1-4(6)3-5(2)7;/h1-13,15-26H;4-7H,3H2,1-2H3;/q-1;;. The van der Waals surface area contributed by atoms with E-state index in [1.165, 1.54) is 44.5 Å². The molecule has 4 nitrogen and oxygen atoms in total. The Hall–Kier alpha value is -5.03. The average Bonchev–Trinajstić information content (AvgIpc) is 3.62. The van der Waals surface area contributed by atoms with Crippen LogP contribution in [0.2, 0.25) is 0 Å². The summed E-state index contributed by atoms with van der Waals surface area (Å²) in [6.45, 7) is 3.32. The molecule has 253 valence electrons. The first-order chi connectivity index (χ1) is 24.5. The number of rotatable bonds is 5. The zero-order valence-electron chi connectivity index (χ0n) is 28.4. The van der Waals surface area contributed by atoms with Crippen LogP contribution >= 0.6 is 0 Å². The summed E-state index contributed by atoms with van der Waals surface area (Å²) in [5.41, 5.74) is 15.7. The fourth-order valence-corrected chi connectivity index (χ4v) is 7.81. The average molecular weight is 842 g/mol. The molecule has 6 aromatic carbocycles. The summed E-state index contributed by atoms with van der Waals surface area (Å²) in [5, 5.41) is 17.1. The van der Waals surface area contributed by atoms with Gasteiger partial charge in [0, 0.05) is 37.6 Å². The monoisotopic (exact) mass is 842 g/mol. The first kappa shape index (κ1) is 34.4. The van der Waals surface area contributed by atoms with E-state index < -0.39 is 0 Å². The zero-order chi connectivity index (χ0) is 34.2. The molecule has 2 aliphatic carbocycles. The predicted molar refractivity (Wildman–Crippen MR) is 201 cm³/mol. The molecule has 0 aliphatic heterocycles. The van der Waals surface area contributed by atoms with E-state index in [-0.39, 0.29) is 37.7 Å². The molecule has 2 aliphatic rings. The quantitative estimate of drug-likeness (QED) is 0.170. The number of aliphatic hydroxyl groups excluding tert-OH is 2. The minimum atomic E-state index is -0.385. The molecule has 7 aromatic rings. The Labute approximate surface area is 312 Å². The molecule has 1 spiro atoms. The van der Waals surface area contributed by atoms with Crippen LogP contribution in [0.15, 0.2) is 152 Å². The maximum absolute atomic E-state index is 8.56. The Bertz CT molecular complexity index is 2250. The van der Waals surface area contributed by atoms with Gasteiger partial charge in [-0.25, -0.2) is 0 Å². The molecule has 2 unspecified atom stereocenters. The van der Waals surface area contributed by atoms with Gasteiger partial charge in [0.05, 0.1) is 29.0 Å². The molecule has 5 heteroatoms. The summed E-state index contributed by atoms with van der Waals surface area (Å²) in [6.07, 6.45) is 1.63. The van der Waals surface area contributed by atoms with Gasteiger partial charge in [0.25, 0.3) is 0 Å². The summed E-state index contributed by atoms with van der Waals surface area (Å²) < 4.78 is 0. The van der Waals surface area contributed by atoms with Gasteiger partial charge in [0.2, 0.25) is 0 Å². The molecule has 2 N–H and O–H groups in total. The first-order valence-corrected chi connectivity index (χ1v) is 17.2. The number of benzene rings is 6. The van der Waals surface area contributed by atoms with Crippen LogP contribution in [0.1, 0.15) is 42.5 Å². The summed E-state index contributed by atoms with van der Waals surface area (Å²) in [4.78, 5) is 10.3. The molecule has 0 fully saturated rings. The Kier molecular flexibility index (Phi) is 9.65. The third kappa shape index (κ3) is 5.97. The van der Waals surface area contributed by atoms with Crippen LogP contribution in [0.4, 0.5) is 0 Å². The largest absolute Gasteiger partial charge is 0.393 e. The van der Waals surface area contributed by atoms with E-state index >= 15 is 0 Å². The molecule has 9 rings (SSSR count). The molecule has 1 aromatic heterocycles. The van der Waals surface area contributed by atoms with Crippen LogP contribution in [0.3, 0.4) is 0 Å². The third-order valence-corrected chi connectivity index (χ3v) is 9.76. The summed E-state index contributed by atoms with van der Waals surface area (Å²) >= 11 is 0. The Morgan fingerprint density at radius 3 is 1.63 bits per heavy atom. The van der Waals surface area contributed by atoms with Crippen molar-refractivity contribution in [1.82, 2.24) is 9.97 Å². The molecule has 51 heavy (non-hydrogen) atoms. The van der Waals surface area contributed by atoms with Crippen molar-refractivity contribution < 1.29 is 30.3 Å². The molecular formula is C46H37IrN2O2-. The van der Waals surface area contributed by atoms with Gasteiger partial charge in [-0.15, -0.1) is 35.9 Å². The van der Waals surface area contributed by atoms with E-state index in [1.54, 1.807) is 13.8 Å². The second-order valence-electron chi connectivity index (χ2n) is 13.2. The normalized spacial score (nSPS) is 13.8. The minimum absolute atomic E-state index is 0. The van der Waals surface area contributed by atoms with Gasteiger partial charge >= 0.3 is 0 Å². The molecule has 0 saturated heterocycles. The smallest absolute Gasteiger partial charge is 0.0873 e. The molecule has 0 bridgehead atoms. The maximum atomic E-state index is 8.56. The Morgan fingerprint density at radius 1 is 0.569 bits per heavy atom.